The molecule has 0 aliphatic carbocycles. The lowest BCUT2D eigenvalue weighted by molar-refractivity contribution is 0.164. The van der Waals surface area contributed by atoms with Crippen LogP contribution in [0.2, 0.25) is 0 Å². The van der Waals surface area contributed by atoms with Gasteiger partial charge in [-0.2, -0.15) is 5.26 Å². The zero-order valence-corrected chi connectivity index (χ0v) is 11.5. The van der Waals surface area contributed by atoms with Crippen molar-refractivity contribution in [1.82, 2.24) is 5.32 Å². The Hall–Kier alpha value is -2.15. The number of ether oxygens (including phenoxy) is 1. The fourth-order valence-electron chi connectivity index (χ4n) is 2.15. The standard InChI is InChI=1S/C17H18N2O/c1-20-13-17(15-10-6-3-7-11-15)19-16(12-18)14-8-4-2-5-9-14/h2-11,16-17,19H,13H2,1H3/t16-,17+/m0/s1. The molecule has 0 saturated carbocycles. The molecule has 102 valence electrons. The number of hydrogen-bond donors (Lipinski definition) is 1. The third-order valence-corrected chi connectivity index (χ3v) is 3.17. The van der Waals surface area contributed by atoms with Crippen molar-refractivity contribution in [2.24, 2.45) is 0 Å². The highest BCUT2D eigenvalue weighted by molar-refractivity contribution is 5.26. The summed E-state index contributed by atoms with van der Waals surface area (Å²) in [5.74, 6) is 0. The molecule has 2 aromatic carbocycles. The van der Waals surface area contributed by atoms with Gasteiger partial charge in [0.1, 0.15) is 6.04 Å². The van der Waals surface area contributed by atoms with Crippen LogP contribution in [-0.2, 0) is 4.74 Å². The van der Waals surface area contributed by atoms with E-state index in [0.717, 1.165) is 11.1 Å². The van der Waals surface area contributed by atoms with Crippen LogP contribution in [0.3, 0.4) is 0 Å². The fourth-order valence-corrected chi connectivity index (χ4v) is 2.15. The van der Waals surface area contributed by atoms with Gasteiger partial charge >= 0.3 is 0 Å². The van der Waals surface area contributed by atoms with Crippen molar-refractivity contribution in [2.75, 3.05) is 13.7 Å². The highest BCUT2D eigenvalue weighted by Gasteiger charge is 2.17. The molecule has 0 amide bonds. The summed E-state index contributed by atoms with van der Waals surface area (Å²) in [5, 5.41) is 12.7. The average molecular weight is 266 g/mol. The first-order valence-corrected chi connectivity index (χ1v) is 6.59. The highest BCUT2D eigenvalue weighted by atomic mass is 16.5. The number of hydrogen-bond acceptors (Lipinski definition) is 3. The molecule has 0 unspecified atom stereocenters. The lowest BCUT2D eigenvalue weighted by Gasteiger charge is -2.22. The lowest BCUT2D eigenvalue weighted by atomic mass is 10.0. The quantitative estimate of drug-likeness (QED) is 0.873. The molecule has 1 N–H and O–H groups in total. The van der Waals surface area contributed by atoms with Crippen molar-refractivity contribution in [1.29, 1.82) is 5.26 Å². The van der Waals surface area contributed by atoms with E-state index < -0.39 is 0 Å². The zero-order valence-electron chi connectivity index (χ0n) is 11.5. The SMILES string of the molecule is COC[C@@H](N[C@@H](C#N)c1ccccc1)c1ccccc1. The van der Waals surface area contributed by atoms with Gasteiger partial charge in [-0.3, -0.25) is 5.32 Å². The number of nitrogens with zero attached hydrogens (tertiary/aromatic N) is 1. The molecule has 0 aliphatic heterocycles. The maximum atomic E-state index is 9.39. The van der Waals surface area contributed by atoms with Crippen LogP contribution in [0.1, 0.15) is 23.2 Å². The van der Waals surface area contributed by atoms with Crippen LogP contribution in [0, 0.1) is 11.3 Å². The Morgan fingerprint density at radius 1 is 1.00 bits per heavy atom. The second kappa shape index (κ2) is 7.44. The van der Waals surface area contributed by atoms with E-state index in [4.69, 9.17) is 4.74 Å². The van der Waals surface area contributed by atoms with Gasteiger partial charge in [-0.1, -0.05) is 60.7 Å². The van der Waals surface area contributed by atoms with Crippen molar-refractivity contribution in [3.05, 3.63) is 71.8 Å². The predicted molar refractivity (Wildman–Crippen MR) is 79.0 cm³/mol. The first kappa shape index (κ1) is 14.3. The van der Waals surface area contributed by atoms with Gasteiger partial charge < -0.3 is 4.74 Å². The molecule has 20 heavy (non-hydrogen) atoms. The largest absolute Gasteiger partial charge is 0.383 e. The van der Waals surface area contributed by atoms with Crippen LogP contribution < -0.4 is 5.32 Å². The third kappa shape index (κ3) is 3.67. The van der Waals surface area contributed by atoms with E-state index in [9.17, 15) is 5.26 Å². The predicted octanol–water partition coefficient (Wildman–Crippen LogP) is 3.23. The van der Waals surface area contributed by atoms with Crippen LogP contribution in [-0.4, -0.2) is 13.7 Å². The minimum Gasteiger partial charge on any atom is -0.383 e. The van der Waals surface area contributed by atoms with E-state index in [1.54, 1.807) is 7.11 Å². The maximum Gasteiger partial charge on any atom is 0.121 e. The van der Waals surface area contributed by atoms with Crippen LogP contribution in [0.15, 0.2) is 60.7 Å². The van der Waals surface area contributed by atoms with Crippen molar-refractivity contribution < 1.29 is 4.74 Å². The van der Waals surface area contributed by atoms with E-state index in [1.807, 2.05) is 60.7 Å². The Bertz CT molecular complexity index is 548. The number of rotatable bonds is 6. The summed E-state index contributed by atoms with van der Waals surface area (Å²) in [6, 6.07) is 21.7. The van der Waals surface area contributed by atoms with Gasteiger partial charge in [0.05, 0.1) is 18.7 Å². The second-order valence-electron chi connectivity index (χ2n) is 4.56. The number of nitriles is 1. The van der Waals surface area contributed by atoms with Crippen LogP contribution >= 0.6 is 0 Å². The number of benzene rings is 2. The smallest absolute Gasteiger partial charge is 0.121 e. The fraction of sp³-hybridized carbons (Fsp3) is 0.235. The molecule has 0 aliphatic rings. The summed E-state index contributed by atoms with van der Waals surface area (Å²) in [6.45, 7) is 0.523. The molecule has 3 heteroatoms. The number of nitrogens with one attached hydrogen (secondary N) is 1. The Labute approximate surface area is 119 Å². The molecule has 0 heterocycles. The molecule has 2 rings (SSSR count). The van der Waals surface area contributed by atoms with Crippen LogP contribution in [0.5, 0.6) is 0 Å². The molecule has 0 bridgehead atoms. The molecule has 0 fully saturated rings. The normalized spacial score (nSPS) is 13.4. The van der Waals surface area contributed by atoms with Gasteiger partial charge in [0.15, 0.2) is 0 Å². The van der Waals surface area contributed by atoms with Gasteiger partial charge in [-0.05, 0) is 11.1 Å². The molecule has 0 radical (unpaired) electrons. The molecular formula is C17H18N2O. The summed E-state index contributed by atoms with van der Waals surface area (Å²) in [7, 11) is 1.67. The van der Waals surface area contributed by atoms with Crippen molar-refractivity contribution >= 4 is 0 Å². The second-order valence-corrected chi connectivity index (χ2v) is 4.56. The van der Waals surface area contributed by atoms with Gasteiger partial charge in [0, 0.05) is 7.11 Å². The van der Waals surface area contributed by atoms with Gasteiger partial charge in [-0.25, -0.2) is 0 Å². The van der Waals surface area contributed by atoms with E-state index in [-0.39, 0.29) is 12.1 Å². The lowest BCUT2D eigenvalue weighted by Crippen LogP contribution is -2.28. The highest BCUT2D eigenvalue weighted by Crippen LogP contribution is 2.19. The van der Waals surface area contributed by atoms with Crippen LogP contribution in [0.25, 0.3) is 0 Å². The summed E-state index contributed by atoms with van der Waals surface area (Å²) in [5.41, 5.74) is 2.08. The molecule has 0 saturated heterocycles. The molecule has 3 nitrogen and oxygen atoms in total. The number of methoxy groups -OCH3 is 1. The van der Waals surface area contributed by atoms with E-state index in [0.29, 0.717) is 6.61 Å². The minimum atomic E-state index is -0.350. The first-order valence-electron chi connectivity index (χ1n) is 6.59. The Morgan fingerprint density at radius 2 is 1.55 bits per heavy atom. The van der Waals surface area contributed by atoms with Crippen molar-refractivity contribution in [3.8, 4) is 6.07 Å². The molecule has 2 atom stereocenters. The molecule has 2 aromatic rings. The molecule has 0 spiro atoms. The summed E-state index contributed by atoms with van der Waals surface area (Å²) in [4.78, 5) is 0. The van der Waals surface area contributed by atoms with Crippen molar-refractivity contribution in [2.45, 2.75) is 12.1 Å². The molecule has 0 aromatic heterocycles. The monoisotopic (exact) mass is 266 g/mol. The van der Waals surface area contributed by atoms with Crippen molar-refractivity contribution in [3.63, 3.8) is 0 Å². The summed E-state index contributed by atoms with van der Waals surface area (Å²) in [6.07, 6.45) is 0. The van der Waals surface area contributed by atoms with Gasteiger partial charge in [0.2, 0.25) is 0 Å². The summed E-state index contributed by atoms with van der Waals surface area (Å²) >= 11 is 0. The van der Waals surface area contributed by atoms with E-state index in [1.165, 1.54) is 0 Å². The minimum absolute atomic E-state index is 0.00828. The maximum absolute atomic E-state index is 9.39. The summed E-state index contributed by atoms with van der Waals surface area (Å²) < 4.78 is 5.27. The Morgan fingerprint density at radius 3 is 2.05 bits per heavy atom. The van der Waals surface area contributed by atoms with E-state index >= 15 is 0 Å². The molecular weight excluding hydrogens is 248 g/mol. The first-order chi connectivity index (χ1) is 9.85. The van der Waals surface area contributed by atoms with E-state index in [2.05, 4.69) is 11.4 Å². The Balaban J connectivity index is 2.17. The third-order valence-electron chi connectivity index (χ3n) is 3.17. The average Bonchev–Trinajstić information content (AvgIpc) is 2.53. The Kier molecular flexibility index (Phi) is 5.31. The zero-order chi connectivity index (χ0) is 14.2. The topological polar surface area (TPSA) is 45.0 Å². The van der Waals surface area contributed by atoms with Crippen LogP contribution in [0.4, 0.5) is 0 Å². The van der Waals surface area contributed by atoms with Gasteiger partial charge in [0.25, 0.3) is 0 Å². The van der Waals surface area contributed by atoms with Gasteiger partial charge in [-0.15, -0.1) is 0 Å².